The number of hydrogen-bond acceptors (Lipinski definition) is 4. The summed E-state index contributed by atoms with van der Waals surface area (Å²) in [4.78, 5) is 0. The van der Waals surface area contributed by atoms with Crippen molar-refractivity contribution in [3.05, 3.63) is 53.6 Å². The standard InChI is InChI=1S/C17H19NO3/c1-20-14-5-2-12(3-6-14)8-9-18-16-11-21-17-10-13(19)4-7-15(16)17/h2-7,10,16,18-19H,8-9,11H2,1H3. The average Bonchev–Trinajstić information content (AvgIpc) is 2.90. The highest BCUT2D eigenvalue weighted by Gasteiger charge is 2.23. The van der Waals surface area contributed by atoms with E-state index in [0.717, 1.165) is 30.0 Å². The monoisotopic (exact) mass is 285 g/mol. The number of phenols is 1. The minimum atomic E-state index is 0.193. The third kappa shape index (κ3) is 3.11. The van der Waals surface area contributed by atoms with Crippen molar-refractivity contribution in [2.24, 2.45) is 0 Å². The zero-order chi connectivity index (χ0) is 14.7. The Hall–Kier alpha value is -2.20. The average molecular weight is 285 g/mol. The summed E-state index contributed by atoms with van der Waals surface area (Å²) in [6.45, 7) is 1.49. The Labute approximate surface area is 124 Å². The Morgan fingerprint density at radius 2 is 2.05 bits per heavy atom. The molecule has 0 spiro atoms. The molecule has 3 rings (SSSR count). The maximum Gasteiger partial charge on any atom is 0.127 e. The second kappa shape index (κ2) is 6.06. The van der Waals surface area contributed by atoms with Crippen LogP contribution in [0.5, 0.6) is 17.2 Å². The predicted molar refractivity (Wildman–Crippen MR) is 81.0 cm³/mol. The predicted octanol–water partition coefficient (Wildman–Crippen LogP) is 2.67. The van der Waals surface area contributed by atoms with Crippen LogP contribution in [0.2, 0.25) is 0 Å². The highest BCUT2D eigenvalue weighted by molar-refractivity contribution is 5.44. The van der Waals surface area contributed by atoms with Crippen molar-refractivity contribution in [2.45, 2.75) is 12.5 Å². The molecule has 1 atom stereocenters. The summed E-state index contributed by atoms with van der Waals surface area (Å²) >= 11 is 0. The fraction of sp³-hybridized carbons (Fsp3) is 0.294. The van der Waals surface area contributed by atoms with Gasteiger partial charge in [-0.2, -0.15) is 0 Å². The van der Waals surface area contributed by atoms with Gasteiger partial charge in [0.05, 0.1) is 13.2 Å². The first kappa shape index (κ1) is 13.8. The molecule has 21 heavy (non-hydrogen) atoms. The van der Waals surface area contributed by atoms with Gasteiger partial charge in [-0.15, -0.1) is 0 Å². The molecule has 0 amide bonds. The lowest BCUT2D eigenvalue weighted by molar-refractivity contribution is 0.311. The molecular weight excluding hydrogens is 266 g/mol. The van der Waals surface area contributed by atoms with E-state index in [1.807, 2.05) is 18.2 Å². The van der Waals surface area contributed by atoms with E-state index in [9.17, 15) is 5.11 Å². The fourth-order valence-electron chi connectivity index (χ4n) is 2.55. The van der Waals surface area contributed by atoms with Gasteiger partial charge in [-0.05, 0) is 42.8 Å². The van der Waals surface area contributed by atoms with Crippen LogP contribution in [0.25, 0.3) is 0 Å². The van der Waals surface area contributed by atoms with Crippen molar-refractivity contribution in [1.29, 1.82) is 0 Å². The lowest BCUT2D eigenvalue weighted by Crippen LogP contribution is -2.24. The zero-order valence-corrected chi connectivity index (χ0v) is 12.0. The van der Waals surface area contributed by atoms with Crippen LogP contribution in [0.1, 0.15) is 17.2 Å². The molecule has 1 aliphatic rings. The summed E-state index contributed by atoms with van der Waals surface area (Å²) < 4.78 is 10.7. The quantitative estimate of drug-likeness (QED) is 0.887. The van der Waals surface area contributed by atoms with E-state index in [0.29, 0.717) is 6.61 Å². The fourth-order valence-corrected chi connectivity index (χ4v) is 2.55. The molecule has 2 N–H and O–H groups in total. The molecule has 1 unspecified atom stereocenters. The Balaban J connectivity index is 1.55. The number of rotatable bonds is 5. The molecule has 0 radical (unpaired) electrons. The second-order valence-electron chi connectivity index (χ2n) is 5.14. The first-order chi connectivity index (χ1) is 10.3. The number of nitrogens with one attached hydrogen (secondary N) is 1. The van der Waals surface area contributed by atoms with Crippen molar-refractivity contribution in [2.75, 3.05) is 20.3 Å². The van der Waals surface area contributed by atoms with E-state index < -0.39 is 0 Å². The van der Waals surface area contributed by atoms with Gasteiger partial charge in [0.1, 0.15) is 23.9 Å². The maximum atomic E-state index is 9.44. The maximum absolute atomic E-state index is 9.44. The molecule has 0 aromatic heterocycles. The summed E-state index contributed by atoms with van der Waals surface area (Å²) in [6, 6.07) is 13.6. The van der Waals surface area contributed by atoms with Gasteiger partial charge in [-0.25, -0.2) is 0 Å². The van der Waals surface area contributed by atoms with E-state index in [1.165, 1.54) is 5.56 Å². The number of phenolic OH excluding ortho intramolecular Hbond substituents is 1. The number of ether oxygens (including phenoxy) is 2. The molecule has 2 aromatic carbocycles. The van der Waals surface area contributed by atoms with Gasteiger partial charge in [0.25, 0.3) is 0 Å². The smallest absolute Gasteiger partial charge is 0.127 e. The lowest BCUT2D eigenvalue weighted by Gasteiger charge is -2.11. The van der Waals surface area contributed by atoms with Gasteiger partial charge in [0, 0.05) is 11.6 Å². The zero-order valence-electron chi connectivity index (χ0n) is 12.0. The highest BCUT2D eigenvalue weighted by Crippen LogP contribution is 2.34. The highest BCUT2D eigenvalue weighted by atomic mass is 16.5. The summed E-state index contributed by atoms with van der Waals surface area (Å²) in [5, 5.41) is 12.9. The molecule has 0 aliphatic carbocycles. The minimum Gasteiger partial charge on any atom is -0.508 e. The van der Waals surface area contributed by atoms with Gasteiger partial charge in [-0.3, -0.25) is 0 Å². The van der Waals surface area contributed by atoms with Crippen LogP contribution in [-0.4, -0.2) is 25.4 Å². The van der Waals surface area contributed by atoms with Crippen LogP contribution >= 0.6 is 0 Å². The molecule has 2 aromatic rings. The second-order valence-corrected chi connectivity index (χ2v) is 5.14. The molecule has 0 saturated carbocycles. The van der Waals surface area contributed by atoms with Crippen LogP contribution in [0.4, 0.5) is 0 Å². The topological polar surface area (TPSA) is 50.7 Å². The molecular formula is C17H19NO3. The molecule has 4 heteroatoms. The first-order valence-electron chi connectivity index (χ1n) is 7.08. The Bertz CT molecular complexity index is 610. The Morgan fingerprint density at radius 1 is 1.24 bits per heavy atom. The molecule has 110 valence electrons. The Morgan fingerprint density at radius 3 is 2.81 bits per heavy atom. The van der Waals surface area contributed by atoms with Crippen LogP contribution in [-0.2, 0) is 6.42 Å². The molecule has 4 nitrogen and oxygen atoms in total. The summed E-state index contributed by atoms with van der Waals surface area (Å²) in [7, 11) is 1.67. The molecule has 1 aliphatic heterocycles. The minimum absolute atomic E-state index is 0.193. The van der Waals surface area contributed by atoms with Crippen molar-refractivity contribution in [3.63, 3.8) is 0 Å². The molecule has 1 heterocycles. The van der Waals surface area contributed by atoms with E-state index in [2.05, 4.69) is 17.4 Å². The van der Waals surface area contributed by atoms with Crippen LogP contribution in [0.15, 0.2) is 42.5 Å². The van der Waals surface area contributed by atoms with Gasteiger partial charge < -0.3 is 19.9 Å². The summed E-state index contributed by atoms with van der Waals surface area (Å²) in [5.41, 5.74) is 2.38. The number of hydrogen-bond donors (Lipinski definition) is 2. The van der Waals surface area contributed by atoms with E-state index in [4.69, 9.17) is 9.47 Å². The number of benzene rings is 2. The van der Waals surface area contributed by atoms with Crippen molar-refractivity contribution in [1.82, 2.24) is 5.32 Å². The van der Waals surface area contributed by atoms with Crippen molar-refractivity contribution in [3.8, 4) is 17.2 Å². The van der Waals surface area contributed by atoms with Crippen molar-refractivity contribution < 1.29 is 14.6 Å². The van der Waals surface area contributed by atoms with Gasteiger partial charge in [-0.1, -0.05) is 12.1 Å². The molecule has 0 saturated heterocycles. The number of aromatic hydroxyl groups is 1. The number of fused-ring (bicyclic) bond motifs is 1. The van der Waals surface area contributed by atoms with Gasteiger partial charge >= 0.3 is 0 Å². The van der Waals surface area contributed by atoms with Crippen LogP contribution in [0.3, 0.4) is 0 Å². The largest absolute Gasteiger partial charge is 0.508 e. The number of methoxy groups -OCH3 is 1. The van der Waals surface area contributed by atoms with Crippen molar-refractivity contribution >= 4 is 0 Å². The SMILES string of the molecule is COc1ccc(CCNC2COc3cc(O)ccc32)cc1. The third-order valence-electron chi connectivity index (χ3n) is 3.74. The Kier molecular flexibility index (Phi) is 3.97. The van der Waals surface area contributed by atoms with E-state index in [1.54, 1.807) is 19.2 Å². The van der Waals surface area contributed by atoms with Gasteiger partial charge in [0.15, 0.2) is 0 Å². The normalized spacial score (nSPS) is 16.3. The lowest BCUT2D eigenvalue weighted by atomic mass is 10.1. The molecule has 0 bridgehead atoms. The van der Waals surface area contributed by atoms with Crippen LogP contribution < -0.4 is 14.8 Å². The summed E-state index contributed by atoms with van der Waals surface area (Å²) in [5.74, 6) is 1.90. The van der Waals surface area contributed by atoms with E-state index in [-0.39, 0.29) is 11.8 Å². The first-order valence-corrected chi connectivity index (χ1v) is 7.08. The third-order valence-corrected chi connectivity index (χ3v) is 3.74. The van der Waals surface area contributed by atoms with Gasteiger partial charge in [0.2, 0.25) is 0 Å². The summed E-state index contributed by atoms with van der Waals surface area (Å²) in [6.07, 6.45) is 0.952. The van der Waals surface area contributed by atoms with E-state index >= 15 is 0 Å². The van der Waals surface area contributed by atoms with Crippen LogP contribution in [0, 0.1) is 0 Å². The molecule has 0 fully saturated rings.